The minimum atomic E-state index is -4.71. The van der Waals surface area contributed by atoms with Crippen LogP contribution in [0, 0.1) is 0 Å². The van der Waals surface area contributed by atoms with Gasteiger partial charge in [0.05, 0.1) is 6.61 Å². The molecule has 0 atom stereocenters. The van der Waals surface area contributed by atoms with Crippen molar-refractivity contribution in [3.8, 4) is 5.75 Å². The third kappa shape index (κ3) is 9.99. The number of ether oxygens (including phenoxy) is 2. The van der Waals surface area contributed by atoms with Crippen LogP contribution in [0.4, 0.5) is 13.2 Å². The summed E-state index contributed by atoms with van der Waals surface area (Å²) in [5.74, 6) is -0.776. The molecule has 0 saturated carbocycles. The molecule has 0 radical (unpaired) electrons. The first-order chi connectivity index (χ1) is 10.9. The van der Waals surface area contributed by atoms with Gasteiger partial charge in [0.2, 0.25) is 0 Å². The molecule has 23 heavy (non-hydrogen) atoms. The van der Waals surface area contributed by atoms with Crippen molar-refractivity contribution in [2.75, 3.05) is 11.9 Å². The highest BCUT2D eigenvalue weighted by molar-refractivity contribution is 9.09. The van der Waals surface area contributed by atoms with E-state index in [-0.39, 0.29) is 5.75 Å². The van der Waals surface area contributed by atoms with Gasteiger partial charge in [-0.1, -0.05) is 40.9 Å². The highest BCUT2D eigenvalue weighted by Crippen LogP contribution is 2.22. The number of hydrogen-bond donors (Lipinski definition) is 0. The predicted molar refractivity (Wildman–Crippen MR) is 85.4 cm³/mol. The first kappa shape index (κ1) is 19.5. The van der Waals surface area contributed by atoms with Crippen LogP contribution < -0.4 is 4.74 Å². The lowest BCUT2D eigenvalue weighted by Gasteiger charge is -2.08. The second-order valence-corrected chi connectivity index (χ2v) is 5.51. The molecule has 7 heteroatoms. The highest BCUT2D eigenvalue weighted by atomic mass is 79.9. The minimum absolute atomic E-state index is 0.305. The summed E-state index contributed by atoms with van der Waals surface area (Å²) < 4.78 is 44.8. The molecule has 0 fully saturated rings. The van der Waals surface area contributed by atoms with Gasteiger partial charge in [0, 0.05) is 11.4 Å². The smallest absolute Gasteiger partial charge is 0.463 e. The van der Waals surface area contributed by atoms with E-state index >= 15 is 0 Å². The van der Waals surface area contributed by atoms with E-state index in [1.807, 2.05) is 0 Å². The molecule has 1 aromatic rings. The fraction of sp³-hybridized carbons (Fsp3) is 0.438. The van der Waals surface area contributed by atoms with E-state index in [4.69, 9.17) is 4.74 Å². The summed E-state index contributed by atoms with van der Waals surface area (Å²) in [4.78, 5) is 11.5. The quantitative estimate of drug-likeness (QED) is 0.253. The van der Waals surface area contributed by atoms with E-state index in [1.54, 1.807) is 0 Å². The zero-order valence-electron chi connectivity index (χ0n) is 12.4. The van der Waals surface area contributed by atoms with Gasteiger partial charge in [0.15, 0.2) is 0 Å². The Hall–Kier alpha value is -1.50. The Morgan fingerprint density at radius 2 is 1.74 bits per heavy atom. The van der Waals surface area contributed by atoms with Crippen molar-refractivity contribution in [3.63, 3.8) is 0 Å². The molecule has 0 N–H and O–H groups in total. The Morgan fingerprint density at radius 3 is 2.35 bits per heavy atom. The maximum Gasteiger partial charge on any atom is 0.573 e. The van der Waals surface area contributed by atoms with E-state index in [1.165, 1.54) is 36.4 Å². The number of rotatable bonds is 9. The third-order valence-electron chi connectivity index (χ3n) is 2.80. The molecule has 128 valence electrons. The Labute approximate surface area is 141 Å². The average Bonchev–Trinajstić information content (AvgIpc) is 2.48. The van der Waals surface area contributed by atoms with Gasteiger partial charge in [-0.3, -0.25) is 0 Å². The zero-order valence-corrected chi connectivity index (χ0v) is 14.0. The lowest BCUT2D eigenvalue weighted by Crippen LogP contribution is -2.16. The van der Waals surface area contributed by atoms with Gasteiger partial charge in [0.25, 0.3) is 0 Å². The normalized spacial score (nSPS) is 11.7. The molecule has 0 aromatic heterocycles. The summed E-state index contributed by atoms with van der Waals surface area (Å²) in [6.45, 7) is 0.365. The molecule has 0 aliphatic heterocycles. The molecule has 0 aliphatic carbocycles. The number of alkyl halides is 4. The molecule has 0 bridgehead atoms. The molecule has 1 rings (SSSR count). The molecule has 0 saturated heterocycles. The van der Waals surface area contributed by atoms with E-state index in [0.717, 1.165) is 31.0 Å². The average molecular weight is 395 g/mol. The standard InChI is InChI=1S/C16H18BrF3O3/c17-11-3-1-2-4-12-22-15(21)10-7-13-5-8-14(9-6-13)23-16(18,19)20/h5-10H,1-4,11-12H2. The largest absolute Gasteiger partial charge is 0.573 e. The lowest BCUT2D eigenvalue weighted by atomic mass is 10.2. The topological polar surface area (TPSA) is 35.5 Å². The molecule has 3 nitrogen and oxygen atoms in total. The van der Waals surface area contributed by atoms with Crippen molar-refractivity contribution >= 4 is 28.0 Å². The Bertz CT molecular complexity index is 498. The summed E-state index contributed by atoms with van der Waals surface area (Å²) in [5, 5.41) is 0.975. The fourth-order valence-corrected chi connectivity index (χ4v) is 2.11. The van der Waals surface area contributed by atoms with E-state index in [0.29, 0.717) is 12.2 Å². The Kier molecular flexibility index (Phi) is 8.76. The van der Waals surface area contributed by atoms with Gasteiger partial charge in [-0.05, 0) is 36.6 Å². The molecule has 0 unspecified atom stereocenters. The summed E-state index contributed by atoms with van der Waals surface area (Å²) in [5.41, 5.74) is 0.578. The van der Waals surface area contributed by atoms with E-state index in [9.17, 15) is 18.0 Å². The van der Waals surface area contributed by atoms with Crippen LogP contribution in [0.2, 0.25) is 0 Å². The van der Waals surface area contributed by atoms with Crippen molar-refractivity contribution in [1.82, 2.24) is 0 Å². The van der Waals surface area contributed by atoms with Crippen molar-refractivity contribution in [1.29, 1.82) is 0 Å². The van der Waals surface area contributed by atoms with Gasteiger partial charge in [-0.15, -0.1) is 13.2 Å². The number of carbonyl (C=O) groups is 1. The summed E-state index contributed by atoms with van der Waals surface area (Å²) in [6, 6.07) is 5.21. The Balaban J connectivity index is 2.32. The SMILES string of the molecule is O=C(C=Cc1ccc(OC(F)(F)F)cc1)OCCCCCCBr. The van der Waals surface area contributed by atoms with Crippen molar-refractivity contribution < 1.29 is 27.4 Å². The fourth-order valence-electron chi connectivity index (χ4n) is 1.72. The van der Waals surface area contributed by atoms with Crippen molar-refractivity contribution in [3.05, 3.63) is 35.9 Å². The minimum Gasteiger partial charge on any atom is -0.463 e. The predicted octanol–water partition coefficient (Wildman–Crippen LogP) is 5.10. The van der Waals surface area contributed by atoms with E-state index in [2.05, 4.69) is 20.7 Å². The van der Waals surface area contributed by atoms with Crippen LogP contribution in [0.25, 0.3) is 6.08 Å². The van der Waals surface area contributed by atoms with Crippen LogP contribution in [-0.4, -0.2) is 24.3 Å². The summed E-state index contributed by atoms with van der Waals surface area (Å²) >= 11 is 3.35. The molecule has 0 aliphatic rings. The van der Waals surface area contributed by atoms with Crippen molar-refractivity contribution in [2.24, 2.45) is 0 Å². The van der Waals surface area contributed by atoms with Gasteiger partial charge in [0.1, 0.15) is 5.75 Å². The number of esters is 1. The number of carbonyl (C=O) groups excluding carboxylic acids is 1. The number of hydrogen-bond acceptors (Lipinski definition) is 3. The number of halogens is 4. The van der Waals surface area contributed by atoms with Crippen LogP contribution >= 0.6 is 15.9 Å². The molecular formula is C16H18BrF3O3. The van der Waals surface area contributed by atoms with E-state index < -0.39 is 12.3 Å². The first-order valence-electron chi connectivity index (χ1n) is 7.17. The summed E-state index contributed by atoms with van der Waals surface area (Å²) in [6.07, 6.45) is 2.02. The maximum absolute atomic E-state index is 12.0. The third-order valence-corrected chi connectivity index (χ3v) is 3.36. The van der Waals surface area contributed by atoms with Crippen LogP contribution in [0.1, 0.15) is 31.2 Å². The van der Waals surface area contributed by atoms with Crippen LogP contribution in [0.3, 0.4) is 0 Å². The first-order valence-corrected chi connectivity index (χ1v) is 8.29. The highest BCUT2D eigenvalue weighted by Gasteiger charge is 2.30. The second kappa shape index (κ2) is 10.3. The van der Waals surface area contributed by atoms with Gasteiger partial charge < -0.3 is 9.47 Å². The molecule has 0 heterocycles. The number of unbranched alkanes of at least 4 members (excludes halogenated alkanes) is 3. The number of benzene rings is 1. The van der Waals surface area contributed by atoms with Crippen molar-refractivity contribution in [2.45, 2.75) is 32.0 Å². The van der Waals surface area contributed by atoms with Crippen LogP contribution in [-0.2, 0) is 9.53 Å². The Morgan fingerprint density at radius 1 is 1.09 bits per heavy atom. The molecule has 1 aromatic carbocycles. The monoisotopic (exact) mass is 394 g/mol. The second-order valence-electron chi connectivity index (χ2n) is 4.72. The van der Waals surface area contributed by atoms with Gasteiger partial charge in [-0.25, -0.2) is 4.79 Å². The molecular weight excluding hydrogens is 377 g/mol. The molecule has 0 spiro atoms. The van der Waals surface area contributed by atoms with Crippen LogP contribution in [0.15, 0.2) is 30.3 Å². The van der Waals surface area contributed by atoms with Crippen LogP contribution in [0.5, 0.6) is 5.75 Å². The lowest BCUT2D eigenvalue weighted by molar-refractivity contribution is -0.274. The summed E-state index contributed by atoms with van der Waals surface area (Å²) in [7, 11) is 0. The van der Waals surface area contributed by atoms with Gasteiger partial charge in [-0.2, -0.15) is 0 Å². The van der Waals surface area contributed by atoms with Gasteiger partial charge >= 0.3 is 12.3 Å². The zero-order chi connectivity index (χ0) is 17.1. The molecule has 0 amide bonds. The maximum atomic E-state index is 12.0.